The van der Waals surface area contributed by atoms with Gasteiger partial charge in [-0.25, -0.2) is 0 Å². The second-order valence-electron chi connectivity index (χ2n) is 5.62. The van der Waals surface area contributed by atoms with Crippen molar-refractivity contribution in [2.75, 3.05) is 33.4 Å². The van der Waals surface area contributed by atoms with E-state index in [4.69, 9.17) is 4.74 Å². The SMILES string of the molecule is COCCNCCNC(=O)c1cc2c(s1)-c1ccccc1CC2.Cl. The molecule has 24 heavy (non-hydrogen) atoms. The van der Waals surface area contributed by atoms with E-state index in [1.165, 1.54) is 21.6 Å². The van der Waals surface area contributed by atoms with Crippen LogP contribution in [0.4, 0.5) is 0 Å². The fraction of sp³-hybridized carbons (Fsp3) is 0.389. The van der Waals surface area contributed by atoms with Crippen molar-refractivity contribution >= 4 is 29.7 Å². The largest absolute Gasteiger partial charge is 0.383 e. The Morgan fingerprint density at radius 3 is 2.79 bits per heavy atom. The van der Waals surface area contributed by atoms with E-state index < -0.39 is 0 Å². The van der Waals surface area contributed by atoms with Gasteiger partial charge in [-0.2, -0.15) is 0 Å². The Labute approximate surface area is 153 Å². The van der Waals surface area contributed by atoms with Gasteiger partial charge in [-0.05, 0) is 35.6 Å². The summed E-state index contributed by atoms with van der Waals surface area (Å²) in [5, 5.41) is 6.20. The Hall–Kier alpha value is -1.40. The number of amides is 1. The van der Waals surface area contributed by atoms with Crippen LogP contribution in [0.25, 0.3) is 10.4 Å². The summed E-state index contributed by atoms with van der Waals surface area (Å²) in [6, 6.07) is 10.6. The molecule has 4 nitrogen and oxygen atoms in total. The van der Waals surface area contributed by atoms with E-state index in [9.17, 15) is 4.79 Å². The van der Waals surface area contributed by atoms with Crippen molar-refractivity contribution in [1.29, 1.82) is 0 Å². The first-order valence-electron chi connectivity index (χ1n) is 7.98. The fourth-order valence-electron chi connectivity index (χ4n) is 2.83. The van der Waals surface area contributed by atoms with E-state index in [0.29, 0.717) is 13.2 Å². The molecule has 6 heteroatoms. The monoisotopic (exact) mass is 366 g/mol. The van der Waals surface area contributed by atoms with Crippen molar-refractivity contribution in [3.05, 3.63) is 46.3 Å². The molecule has 0 aliphatic heterocycles. The van der Waals surface area contributed by atoms with Gasteiger partial charge >= 0.3 is 0 Å². The third-order valence-corrected chi connectivity index (χ3v) is 5.24. The highest BCUT2D eigenvalue weighted by Gasteiger charge is 2.20. The number of hydrogen-bond acceptors (Lipinski definition) is 4. The number of fused-ring (bicyclic) bond motifs is 3. The molecular weight excluding hydrogens is 344 g/mol. The molecule has 0 spiro atoms. The van der Waals surface area contributed by atoms with E-state index in [0.717, 1.165) is 30.8 Å². The number of thiophene rings is 1. The smallest absolute Gasteiger partial charge is 0.261 e. The van der Waals surface area contributed by atoms with Gasteiger partial charge in [0, 0.05) is 31.6 Å². The summed E-state index contributed by atoms with van der Waals surface area (Å²) in [5.74, 6) is 0.0235. The molecule has 2 aromatic rings. The van der Waals surface area contributed by atoms with Gasteiger partial charge in [0.25, 0.3) is 5.91 Å². The third kappa shape index (κ3) is 4.36. The van der Waals surface area contributed by atoms with E-state index in [2.05, 4.69) is 41.0 Å². The van der Waals surface area contributed by atoms with E-state index >= 15 is 0 Å². The van der Waals surface area contributed by atoms with Crippen molar-refractivity contribution in [2.45, 2.75) is 12.8 Å². The normalized spacial score (nSPS) is 12.0. The lowest BCUT2D eigenvalue weighted by molar-refractivity contribution is 0.0957. The number of methoxy groups -OCH3 is 1. The Balaban J connectivity index is 0.00000208. The van der Waals surface area contributed by atoms with Gasteiger partial charge in [0.05, 0.1) is 11.5 Å². The van der Waals surface area contributed by atoms with Crippen LogP contribution < -0.4 is 10.6 Å². The number of carbonyl (C=O) groups is 1. The lowest BCUT2D eigenvalue weighted by atomic mass is 9.91. The maximum Gasteiger partial charge on any atom is 0.261 e. The first kappa shape index (κ1) is 18.9. The van der Waals surface area contributed by atoms with Crippen LogP contribution in [0.2, 0.25) is 0 Å². The molecular formula is C18H23ClN2O2S. The number of carbonyl (C=O) groups excluding carboxylic acids is 1. The minimum Gasteiger partial charge on any atom is -0.383 e. The second-order valence-corrected chi connectivity index (χ2v) is 6.67. The molecule has 0 saturated heterocycles. The number of halogens is 1. The van der Waals surface area contributed by atoms with Crippen molar-refractivity contribution in [3.8, 4) is 10.4 Å². The van der Waals surface area contributed by atoms with Gasteiger partial charge in [-0.15, -0.1) is 23.7 Å². The second kappa shape index (κ2) is 9.18. The lowest BCUT2D eigenvalue weighted by Gasteiger charge is -2.15. The van der Waals surface area contributed by atoms with Crippen molar-refractivity contribution in [2.24, 2.45) is 0 Å². The summed E-state index contributed by atoms with van der Waals surface area (Å²) in [5.41, 5.74) is 3.98. The van der Waals surface area contributed by atoms with Crippen molar-refractivity contribution in [3.63, 3.8) is 0 Å². The zero-order chi connectivity index (χ0) is 16.1. The fourth-order valence-corrected chi connectivity index (χ4v) is 4.02. The highest BCUT2D eigenvalue weighted by molar-refractivity contribution is 7.17. The van der Waals surface area contributed by atoms with Crippen molar-refractivity contribution < 1.29 is 9.53 Å². The lowest BCUT2D eigenvalue weighted by Crippen LogP contribution is -2.32. The summed E-state index contributed by atoms with van der Waals surface area (Å²) in [4.78, 5) is 14.4. The Morgan fingerprint density at radius 1 is 1.17 bits per heavy atom. The van der Waals surface area contributed by atoms with Gasteiger partial charge in [-0.3, -0.25) is 4.79 Å². The Kier molecular flexibility index (Phi) is 7.24. The average Bonchev–Trinajstić information content (AvgIpc) is 3.02. The van der Waals surface area contributed by atoms with Crippen LogP contribution in [-0.2, 0) is 17.6 Å². The molecule has 3 rings (SSSR count). The molecule has 1 heterocycles. The molecule has 0 fully saturated rings. The summed E-state index contributed by atoms with van der Waals surface area (Å²) in [6.07, 6.45) is 2.08. The number of aryl methyl sites for hydroxylation is 2. The van der Waals surface area contributed by atoms with Crippen LogP contribution in [0, 0.1) is 0 Å². The molecule has 1 aromatic carbocycles. The summed E-state index contributed by atoms with van der Waals surface area (Å²) < 4.78 is 4.97. The van der Waals surface area contributed by atoms with Gasteiger partial charge in [0.15, 0.2) is 0 Å². The standard InChI is InChI=1S/C18H22N2O2S.ClH/c1-22-11-10-19-8-9-20-18(21)16-12-14-7-6-13-4-2-3-5-15(13)17(14)23-16;/h2-5,12,19H,6-11H2,1H3,(H,20,21);1H. The maximum atomic E-state index is 12.3. The van der Waals surface area contributed by atoms with Gasteiger partial charge in [-0.1, -0.05) is 24.3 Å². The molecule has 130 valence electrons. The summed E-state index contributed by atoms with van der Waals surface area (Å²) >= 11 is 1.61. The molecule has 1 aromatic heterocycles. The Bertz CT molecular complexity index is 687. The van der Waals surface area contributed by atoms with Crippen LogP contribution in [-0.4, -0.2) is 39.3 Å². The predicted molar refractivity (Wildman–Crippen MR) is 101 cm³/mol. The van der Waals surface area contributed by atoms with Gasteiger partial charge in [0.2, 0.25) is 0 Å². The van der Waals surface area contributed by atoms with Crippen LogP contribution in [0.5, 0.6) is 0 Å². The zero-order valence-corrected chi connectivity index (χ0v) is 15.4. The average molecular weight is 367 g/mol. The predicted octanol–water partition coefficient (Wildman–Crippen LogP) is 2.90. The maximum absolute atomic E-state index is 12.3. The molecule has 2 N–H and O–H groups in total. The zero-order valence-electron chi connectivity index (χ0n) is 13.8. The van der Waals surface area contributed by atoms with E-state index in [-0.39, 0.29) is 18.3 Å². The molecule has 0 radical (unpaired) electrons. The van der Waals surface area contributed by atoms with Crippen LogP contribution in [0.1, 0.15) is 20.8 Å². The van der Waals surface area contributed by atoms with Crippen molar-refractivity contribution in [1.82, 2.24) is 10.6 Å². The molecule has 0 saturated carbocycles. The molecule has 0 atom stereocenters. The number of ether oxygens (including phenoxy) is 1. The third-order valence-electron chi connectivity index (χ3n) is 4.03. The molecule has 0 bridgehead atoms. The number of rotatable bonds is 7. The van der Waals surface area contributed by atoms with Crippen LogP contribution >= 0.6 is 23.7 Å². The van der Waals surface area contributed by atoms with Gasteiger partial charge < -0.3 is 15.4 Å². The minimum atomic E-state index is 0. The van der Waals surface area contributed by atoms with Crippen LogP contribution in [0.15, 0.2) is 30.3 Å². The first-order valence-corrected chi connectivity index (χ1v) is 8.80. The molecule has 0 unspecified atom stereocenters. The van der Waals surface area contributed by atoms with Crippen LogP contribution in [0.3, 0.4) is 0 Å². The molecule has 1 amide bonds. The Morgan fingerprint density at radius 2 is 1.96 bits per heavy atom. The molecule has 1 aliphatic rings. The van der Waals surface area contributed by atoms with E-state index in [1.54, 1.807) is 18.4 Å². The number of nitrogens with one attached hydrogen (secondary N) is 2. The quantitative estimate of drug-likeness (QED) is 0.741. The summed E-state index contributed by atoms with van der Waals surface area (Å²) in [6.45, 7) is 2.87. The highest BCUT2D eigenvalue weighted by Crippen LogP contribution is 2.39. The molecule has 1 aliphatic carbocycles. The number of benzene rings is 1. The first-order chi connectivity index (χ1) is 11.3. The summed E-state index contributed by atoms with van der Waals surface area (Å²) in [7, 11) is 1.68. The highest BCUT2D eigenvalue weighted by atomic mass is 35.5. The van der Waals surface area contributed by atoms with E-state index in [1.807, 2.05) is 0 Å². The topological polar surface area (TPSA) is 50.4 Å². The van der Waals surface area contributed by atoms with Gasteiger partial charge in [0.1, 0.15) is 0 Å². The minimum absolute atomic E-state index is 0. The number of hydrogen-bond donors (Lipinski definition) is 2.